The van der Waals surface area contributed by atoms with Crippen molar-refractivity contribution >= 4 is 17.5 Å². The van der Waals surface area contributed by atoms with Gasteiger partial charge >= 0.3 is 0 Å². The van der Waals surface area contributed by atoms with Crippen LogP contribution in [-0.2, 0) is 11.3 Å². The van der Waals surface area contributed by atoms with Crippen molar-refractivity contribution in [3.63, 3.8) is 0 Å². The Kier molecular flexibility index (Phi) is 4.60. The van der Waals surface area contributed by atoms with Gasteiger partial charge in [-0.05, 0) is 18.6 Å². The molecule has 2 rings (SSSR count). The zero-order valence-corrected chi connectivity index (χ0v) is 12.0. The second kappa shape index (κ2) is 6.06. The highest BCUT2D eigenvalue weighted by Crippen LogP contribution is 2.26. The maximum atomic E-state index is 13.2. The molecule has 0 aliphatic carbocycles. The normalized spacial score (nSPS) is 20.9. The van der Waals surface area contributed by atoms with E-state index in [0.717, 1.165) is 5.56 Å². The predicted molar refractivity (Wildman–Crippen MR) is 73.9 cm³/mol. The van der Waals surface area contributed by atoms with Crippen LogP contribution in [0.15, 0.2) is 24.3 Å². The zero-order valence-electron chi connectivity index (χ0n) is 11.2. The third kappa shape index (κ3) is 3.46. The van der Waals surface area contributed by atoms with Gasteiger partial charge in [0.1, 0.15) is 0 Å². The molecule has 1 unspecified atom stereocenters. The van der Waals surface area contributed by atoms with E-state index in [2.05, 4.69) is 5.32 Å². The van der Waals surface area contributed by atoms with E-state index in [1.807, 2.05) is 25.1 Å². The molecule has 0 spiro atoms. The van der Waals surface area contributed by atoms with Crippen molar-refractivity contribution < 1.29 is 13.6 Å². The van der Waals surface area contributed by atoms with Crippen LogP contribution in [0, 0.1) is 0 Å². The molecule has 0 radical (unpaired) electrons. The lowest BCUT2D eigenvalue weighted by atomic mass is 10.1. The van der Waals surface area contributed by atoms with E-state index in [1.165, 1.54) is 0 Å². The van der Waals surface area contributed by atoms with E-state index < -0.39 is 24.9 Å². The number of benzene rings is 1. The van der Waals surface area contributed by atoms with Crippen molar-refractivity contribution in [1.29, 1.82) is 0 Å². The lowest BCUT2D eigenvalue weighted by Gasteiger charge is -2.24. The van der Waals surface area contributed by atoms with Gasteiger partial charge in [0.25, 0.3) is 5.92 Å². The molecule has 1 amide bonds. The number of carbonyl (C=O) groups is 1. The average Bonchev–Trinajstić information content (AvgIpc) is 2.77. The second-order valence-corrected chi connectivity index (χ2v) is 5.34. The van der Waals surface area contributed by atoms with Crippen molar-refractivity contribution in [2.24, 2.45) is 0 Å². The summed E-state index contributed by atoms with van der Waals surface area (Å²) in [6.07, 6.45) is -0.440. The van der Waals surface area contributed by atoms with Crippen LogP contribution in [0.4, 0.5) is 8.78 Å². The highest BCUT2D eigenvalue weighted by atomic mass is 35.5. The minimum absolute atomic E-state index is 0.301. The molecular formula is C14H17ClF2N2O. The fourth-order valence-corrected chi connectivity index (χ4v) is 2.48. The van der Waals surface area contributed by atoms with Gasteiger partial charge in [-0.3, -0.25) is 10.1 Å². The summed E-state index contributed by atoms with van der Waals surface area (Å²) in [6.45, 7) is 2.17. The summed E-state index contributed by atoms with van der Waals surface area (Å²) in [5.74, 6) is -3.10. The van der Waals surface area contributed by atoms with Crippen molar-refractivity contribution in [2.75, 3.05) is 13.1 Å². The smallest absolute Gasteiger partial charge is 0.262 e. The summed E-state index contributed by atoms with van der Waals surface area (Å²) in [4.78, 5) is 13.8. The Bertz CT molecular complexity index is 496. The molecule has 1 saturated heterocycles. The van der Waals surface area contributed by atoms with Gasteiger partial charge in [-0.1, -0.05) is 29.8 Å². The molecule has 1 aromatic carbocycles. The second-order valence-electron chi connectivity index (χ2n) is 4.94. The maximum absolute atomic E-state index is 13.2. The Morgan fingerprint density at radius 2 is 2.20 bits per heavy atom. The zero-order chi connectivity index (χ0) is 14.8. The molecule has 0 bridgehead atoms. The van der Waals surface area contributed by atoms with Crippen LogP contribution in [0.5, 0.6) is 0 Å². The van der Waals surface area contributed by atoms with E-state index in [1.54, 1.807) is 11.0 Å². The van der Waals surface area contributed by atoms with Gasteiger partial charge in [0.2, 0.25) is 5.91 Å². The fraction of sp³-hybridized carbons (Fsp3) is 0.500. The highest BCUT2D eigenvalue weighted by Gasteiger charge is 2.43. The molecule has 6 heteroatoms. The van der Waals surface area contributed by atoms with Crippen LogP contribution in [0.25, 0.3) is 0 Å². The monoisotopic (exact) mass is 302 g/mol. The number of hydrogen-bond donors (Lipinski definition) is 1. The molecule has 1 N–H and O–H groups in total. The molecular weight excluding hydrogens is 286 g/mol. The van der Waals surface area contributed by atoms with Gasteiger partial charge in [-0.2, -0.15) is 0 Å². The first-order valence-corrected chi connectivity index (χ1v) is 6.94. The first-order chi connectivity index (χ1) is 9.43. The number of halogens is 3. The number of carbonyl (C=O) groups excluding carboxylic acids is 1. The molecule has 110 valence electrons. The van der Waals surface area contributed by atoms with Crippen LogP contribution >= 0.6 is 11.6 Å². The van der Waals surface area contributed by atoms with E-state index in [4.69, 9.17) is 11.6 Å². The number of nitrogens with zero attached hydrogens (tertiary/aromatic N) is 1. The third-order valence-electron chi connectivity index (χ3n) is 3.42. The van der Waals surface area contributed by atoms with E-state index in [0.29, 0.717) is 18.1 Å². The van der Waals surface area contributed by atoms with Gasteiger partial charge in [-0.15, -0.1) is 0 Å². The van der Waals surface area contributed by atoms with Crippen LogP contribution in [0.1, 0.15) is 18.9 Å². The Labute approximate surface area is 121 Å². The fourth-order valence-electron chi connectivity index (χ4n) is 2.29. The SMILES string of the molecule is CCN(Cc1ccccc1Cl)C(=O)C1CC(F)(F)CN1. The first kappa shape index (κ1) is 15.2. The standard InChI is InChI=1S/C14H17ClF2N2O/c1-2-19(8-10-5-3-4-6-11(10)15)13(20)12-7-14(16,17)9-18-12/h3-6,12,18H,2,7-9H2,1H3. The first-order valence-electron chi connectivity index (χ1n) is 6.56. The molecule has 1 aromatic rings. The number of amides is 1. The van der Waals surface area contributed by atoms with Crippen LogP contribution in [0.2, 0.25) is 5.02 Å². The number of nitrogens with one attached hydrogen (secondary N) is 1. The summed E-state index contributed by atoms with van der Waals surface area (Å²) in [6, 6.07) is 6.41. The Balaban J connectivity index is 2.05. The van der Waals surface area contributed by atoms with E-state index in [9.17, 15) is 13.6 Å². The predicted octanol–water partition coefficient (Wildman–Crippen LogP) is 2.69. The molecule has 0 aromatic heterocycles. The maximum Gasteiger partial charge on any atom is 0.262 e. The van der Waals surface area contributed by atoms with Crippen LogP contribution in [0.3, 0.4) is 0 Å². The summed E-state index contributed by atoms with van der Waals surface area (Å²) >= 11 is 6.06. The van der Waals surface area contributed by atoms with Crippen molar-refractivity contribution in [2.45, 2.75) is 31.9 Å². The van der Waals surface area contributed by atoms with Gasteiger partial charge in [0.05, 0.1) is 12.6 Å². The number of rotatable bonds is 4. The van der Waals surface area contributed by atoms with E-state index >= 15 is 0 Å². The van der Waals surface area contributed by atoms with Crippen LogP contribution < -0.4 is 5.32 Å². The molecule has 1 fully saturated rings. The van der Waals surface area contributed by atoms with Crippen molar-refractivity contribution in [3.8, 4) is 0 Å². The van der Waals surface area contributed by atoms with Gasteiger partial charge in [0.15, 0.2) is 0 Å². The third-order valence-corrected chi connectivity index (χ3v) is 3.79. The molecule has 1 heterocycles. The summed E-state index contributed by atoms with van der Waals surface area (Å²) in [7, 11) is 0. The molecule has 1 atom stereocenters. The van der Waals surface area contributed by atoms with Gasteiger partial charge in [-0.25, -0.2) is 8.78 Å². The molecule has 20 heavy (non-hydrogen) atoms. The Hall–Kier alpha value is -1.20. The molecule has 1 aliphatic heterocycles. The van der Waals surface area contributed by atoms with E-state index in [-0.39, 0.29) is 5.91 Å². The number of hydrogen-bond acceptors (Lipinski definition) is 2. The largest absolute Gasteiger partial charge is 0.337 e. The Morgan fingerprint density at radius 3 is 2.75 bits per heavy atom. The topological polar surface area (TPSA) is 32.3 Å². The quantitative estimate of drug-likeness (QED) is 0.927. The average molecular weight is 303 g/mol. The van der Waals surface area contributed by atoms with Crippen molar-refractivity contribution in [1.82, 2.24) is 10.2 Å². The number of alkyl halides is 2. The minimum Gasteiger partial charge on any atom is -0.337 e. The van der Waals surface area contributed by atoms with Gasteiger partial charge < -0.3 is 4.90 Å². The Morgan fingerprint density at radius 1 is 1.50 bits per heavy atom. The van der Waals surface area contributed by atoms with Crippen molar-refractivity contribution in [3.05, 3.63) is 34.9 Å². The number of likely N-dealkylation sites (N-methyl/N-ethyl adjacent to an activating group) is 1. The summed E-state index contributed by atoms with van der Waals surface area (Å²) in [5, 5.41) is 3.16. The lowest BCUT2D eigenvalue weighted by molar-refractivity contribution is -0.134. The molecule has 1 aliphatic rings. The minimum atomic E-state index is -2.80. The summed E-state index contributed by atoms with van der Waals surface area (Å²) in [5.41, 5.74) is 0.814. The van der Waals surface area contributed by atoms with Crippen LogP contribution in [-0.4, -0.2) is 35.9 Å². The van der Waals surface area contributed by atoms with Gasteiger partial charge in [0, 0.05) is 24.5 Å². The molecule has 0 saturated carbocycles. The molecule has 3 nitrogen and oxygen atoms in total. The highest BCUT2D eigenvalue weighted by molar-refractivity contribution is 6.31. The summed E-state index contributed by atoms with van der Waals surface area (Å²) < 4.78 is 26.3. The lowest BCUT2D eigenvalue weighted by Crippen LogP contribution is -2.43.